The summed E-state index contributed by atoms with van der Waals surface area (Å²) in [4.78, 5) is 24.0. The largest absolute Gasteiger partial charge is 0.480 e. The smallest absolute Gasteiger partial charge is 0.323 e. The van der Waals surface area contributed by atoms with Crippen LogP contribution in [0.15, 0.2) is 27.6 Å². The standard InChI is InChI=1S/C12H7BrFNO3S2/c13-7-3-6(1-2-8(7)14)4-9-11(18)15(5-10(16)17)12(19)20-9/h1-4H,5H2,(H,16,17)/b9-4-. The molecule has 4 nitrogen and oxygen atoms in total. The van der Waals surface area contributed by atoms with Crippen LogP contribution in [-0.2, 0) is 9.59 Å². The van der Waals surface area contributed by atoms with Gasteiger partial charge in [0, 0.05) is 0 Å². The number of carbonyl (C=O) groups excluding carboxylic acids is 1. The van der Waals surface area contributed by atoms with E-state index < -0.39 is 24.2 Å². The van der Waals surface area contributed by atoms with Crippen LogP contribution in [0.25, 0.3) is 6.08 Å². The van der Waals surface area contributed by atoms with Gasteiger partial charge in [-0.05, 0) is 39.7 Å². The third-order valence-electron chi connectivity index (χ3n) is 2.41. The molecule has 0 unspecified atom stereocenters. The summed E-state index contributed by atoms with van der Waals surface area (Å²) in [5, 5.41) is 8.72. The second kappa shape index (κ2) is 6.02. The quantitative estimate of drug-likeness (QED) is 0.650. The van der Waals surface area contributed by atoms with Gasteiger partial charge >= 0.3 is 5.97 Å². The zero-order valence-electron chi connectivity index (χ0n) is 9.80. The number of hydrogen-bond acceptors (Lipinski definition) is 4. The maximum atomic E-state index is 13.1. The fraction of sp³-hybridized carbons (Fsp3) is 0.0833. The highest BCUT2D eigenvalue weighted by Crippen LogP contribution is 2.32. The number of carboxylic acid groups (broad SMARTS) is 1. The van der Waals surface area contributed by atoms with Gasteiger partial charge in [-0.25, -0.2) is 4.39 Å². The highest BCUT2D eigenvalue weighted by Gasteiger charge is 2.33. The summed E-state index contributed by atoms with van der Waals surface area (Å²) in [5.74, 6) is -1.99. The Morgan fingerprint density at radius 2 is 2.25 bits per heavy atom. The average molecular weight is 376 g/mol. The molecule has 1 aliphatic rings. The van der Waals surface area contributed by atoms with Crippen LogP contribution in [-0.4, -0.2) is 32.7 Å². The molecule has 20 heavy (non-hydrogen) atoms. The highest BCUT2D eigenvalue weighted by atomic mass is 79.9. The number of carbonyl (C=O) groups is 2. The number of aliphatic carboxylic acids is 1. The summed E-state index contributed by atoms with van der Waals surface area (Å²) in [6, 6.07) is 4.32. The van der Waals surface area contributed by atoms with E-state index in [0.29, 0.717) is 10.5 Å². The second-order valence-corrected chi connectivity index (χ2v) is 6.37. The molecule has 8 heteroatoms. The number of benzene rings is 1. The summed E-state index contributed by atoms with van der Waals surface area (Å²) in [6.07, 6.45) is 1.55. The maximum absolute atomic E-state index is 13.1. The minimum Gasteiger partial charge on any atom is -0.480 e. The highest BCUT2D eigenvalue weighted by molar-refractivity contribution is 9.10. The summed E-state index contributed by atoms with van der Waals surface area (Å²) >= 11 is 9.05. The topological polar surface area (TPSA) is 57.6 Å². The van der Waals surface area contributed by atoms with Crippen LogP contribution >= 0.6 is 39.9 Å². The van der Waals surface area contributed by atoms with Crippen LogP contribution in [0, 0.1) is 5.82 Å². The van der Waals surface area contributed by atoms with E-state index in [2.05, 4.69) is 15.9 Å². The van der Waals surface area contributed by atoms with Crippen LogP contribution in [0.2, 0.25) is 0 Å². The second-order valence-electron chi connectivity index (χ2n) is 3.84. The number of thioether (sulfide) groups is 1. The van der Waals surface area contributed by atoms with E-state index in [9.17, 15) is 14.0 Å². The molecule has 1 N–H and O–H groups in total. The van der Waals surface area contributed by atoms with Gasteiger partial charge in [0.15, 0.2) is 0 Å². The van der Waals surface area contributed by atoms with Crippen molar-refractivity contribution >= 4 is 62.2 Å². The molecule has 0 radical (unpaired) electrons. The number of nitrogens with zero attached hydrogens (tertiary/aromatic N) is 1. The van der Waals surface area contributed by atoms with Crippen LogP contribution in [0.3, 0.4) is 0 Å². The van der Waals surface area contributed by atoms with Gasteiger partial charge in [0.05, 0.1) is 9.38 Å². The Balaban J connectivity index is 2.27. The lowest BCUT2D eigenvalue weighted by atomic mass is 10.2. The summed E-state index contributed by atoms with van der Waals surface area (Å²) < 4.78 is 13.6. The molecule has 1 amide bonds. The van der Waals surface area contributed by atoms with Crippen molar-refractivity contribution in [2.24, 2.45) is 0 Å². The molecule has 0 saturated carbocycles. The van der Waals surface area contributed by atoms with Crippen molar-refractivity contribution < 1.29 is 19.1 Å². The van der Waals surface area contributed by atoms with Gasteiger partial charge < -0.3 is 5.11 Å². The summed E-state index contributed by atoms with van der Waals surface area (Å²) in [7, 11) is 0. The van der Waals surface area contributed by atoms with E-state index in [-0.39, 0.29) is 8.79 Å². The zero-order chi connectivity index (χ0) is 14.9. The average Bonchev–Trinajstić information content (AvgIpc) is 2.61. The predicted octanol–water partition coefficient (Wildman–Crippen LogP) is 2.87. The molecule has 0 aliphatic carbocycles. The lowest BCUT2D eigenvalue weighted by molar-refractivity contribution is -0.140. The SMILES string of the molecule is O=C(O)CN1C(=O)/C(=C/c2ccc(F)c(Br)c2)SC1=S. The zero-order valence-corrected chi connectivity index (χ0v) is 13.0. The monoisotopic (exact) mass is 375 g/mol. The van der Waals surface area contributed by atoms with Crippen molar-refractivity contribution in [1.82, 2.24) is 4.90 Å². The lowest BCUT2D eigenvalue weighted by Gasteiger charge is -2.10. The van der Waals surface area contributed by atoms with Gasteiger partial charge in [0.1, 0.15) is 16.7 Å². The van der Waals surface area contributed by atoms with Gasteiger partial charge in [-0.15, -0.1) is 0 Å². The Labute approximate surface area is 131 Å². The minimum atomic E-state index is -1.13. The number of hydrogen-bond donors (Lipinski definition) is 1. The Kier molecular flexibility index (Phi) is 4.56. The third-order valence-corrected chi connectivity index (χ3v) is 4.39. The molecule has 0 atom stereocenters. The number of amides is 1. The van der Waals surface area contributed by atoms with E-state index in [1.807, 2.05) is 0 Å². The lowest BCUT2D eigenvalue weighted by Crippen LogP contribution is -2.33. The Morgan fingerprint density at radius 1 is 1.55 bits per heavy atom. The molecule has 1 aliphatic heterocycles. The first-order valence-electron chi connectivity index (χ1n) is 5.30. The van der Waals surface area contributed by atoms with Gasteiger partial charge in [0.25, 0.3) is 5.91 Å². The maximum Gasteiger partial charge on any atom is 0.323 e. The Bertz CT molecular complexity index is 648. The fourth-order valence-corrected chi connectivity index (χ4v) is 3.18. The molecule has 0 spiro atoms. The molecule has 1 aromatic carbocycles. The van der Waals surface area contributed by atoms with Crippen molar-refractivity contribution in [3.05, 3.63) is 39.0 Å². The van der Waals surface area contributed by atoms with E-state index in [1.54, 1.807) is 6.08 Å². The fourth-order valence-electron chi connectivity index (χ4n) is 1.53. The first kappa shape index (κ1) is 15.1. The predicted molar refractivity (Wildman–Crippen MR) is 81.6 cm³/mol. The molecule has 2 rings (SSSR count). The molecule has 104 valence electrons. The van der Waals surface area contributed by atoms with Crippen LogP contribution in [0.5, 0.6) is 0 Å². The van der Waals surface area contributed by atoms with Crippen LogP contribution < -0.4 is 0 Å². The molecule has 1 fully saturated rings. The first-order valence-corrected chi connectivity index (χ1v) is 7.32. The molecule has 0 aromatic heterocycles. The van der Waals surface area contributed by atoms with Crippen molar-refractivity contribution in [3.8, 4) is 0 Å². The van der Waals surface area contributed by atoms with Crippen molar-refractivity contribution in [2.45, 2.75) is 0 Å². The summed E-state index contributed by atoms with van der Waals surface area (Å²) in [5.41, 5.74) is 0.620. The summed E-state index contributed by atoms with van der Waals surface area (Å²) in [6.45, 7) is -0.463. The molecule has 1 saturated heterocycles. The van der Waals surface area contributed by atoms with Crippen molar-refractivity contribution in [2.75, 3.05) is 6.54 Å². The molecular formula is C12H7BrFNO3S2. The van der Waals surface area contributed by atoms with Gasteiger partial charge in [0.2, 0.25) is 0 Å². The number of carboxylic acids is 1. The number of rotatable bonds is 3. The minimum absolute atomic E-state index is 0.199. The Hall–Kier alpha value is -1.25. The van der Waals surface area contributed by atoms with E-state index in [4.69, 9.17) is 17.3 Å². The molecule has 0 bridgehead atoms. The van der Waals surface area contributed by atoms with E-state index in [0.717, 1.165) is 16.7 Å². The van der Waals surface area contributed by atoms with Crippen LogP contribution in [0.4, 0.5) is 4.39 Å². The molecule has 1 aromatic rings. The molecular weight excluding hydrogens is 369 g/mol. The van der Waals surface area contributed by atoms with Crippen LogP contribution in [0.1, 0.15) is 5.56 Å². The first-order chi connectivity index (χ1) is 9.38. The number of halogens is 2. The van der Waals surface area contributed by atoms with Crippen molar-refractivity contribution in [1.29, 1.82) is 0 Å². The molecule has 1 heterocycles. The van der Waals surface area contributed by atoms with E-state index >= 15 is 0 Å². The van der Waals surface area contributed by atoms with Crippen molar-refractivity contribution in [3.63, 3.8) is 0 Å². The normalized spacial score (nSPS) is 17.1. The van der Waals surface area contributed by atoms with Gasteiger partial charge in [-0.1, -0.05) is 30.0 Å². The Morgan fingerprint density at radius 3 is 2.85 bits per heavy atom. The van der Waals surface area contributed by atoms with Gasteiger partial charge in [-0.3, -0.25) is 14.5 Å². The number of thiocarbonyl (C=S) groups is 1. The van der Waals surface area contributed by atoms with E-state index in [1.165, 1.54) is 18.2 Å². The van der Waals surface area contributed by atoms with Gasteiger partial charge in [-0.2, -0.15) is 0 Å². The third kappa shape index (κ3) is 3.25.